The predicted molar refractivity (Wildman–Crippen MR) is 125 cm³/mol. The maximum absolute atomic E-state index is 12.3. The van der Waals surface area contributed by atoms with Crippen molar-refractivity contribution in [2.75, 3.05) is 13.1 Å². The van der Waals surface area contributed by atoms with Crippen LogP contribution < -0.4 is 0 Å². The van der Waals surface area contributed by atoms with Crippen molar-refractivity contribution in [1.82, 2.24) is 24.1 Å². The monoisotopic (exact) mass is 541 g/mol. The largest absolute Gasteiger partial charge is 0.444 e. The fraction of sp³-hybridized carbons (Fsp3) is 0.476. The summed E-state index contributed by atoms with van der Waals surface area (Å²) in [6.07, 6.45) is 5.15. The van der Waals surface area contributed by atoms with Gasteiger partial charge >= 0.3 is 6.09 Å². The maximum atomic E-state index is 12.3. The van der Waals surface area contributed by atoms with Gasteiger partial charge in [-0.05, 0) is 80.8 Å². The molecule has 0 aromatic carbocycles. The van der Waals surface area contributed by atoms with Crippen molar-refractivity contribution in [3.8, 4) is 11.1 Å². The zero-order valence-corrected chi connectivity index (χ0v) is 20.4. The molecule has 3 aromatic heterocycles. The summed E-state index contributed by atoms with van der Waals surface area (Å²) in [7, 11) is 0. The zero-order chi connectivity index (χ0) is 21.6. The van der Waals surface area contributed by atoms with Crippen molar-refractivity contribution < 1.29 is 9.53 Å². The molecule has 4 rings (SSSR count). The van der Waals surface area contributed by atoms with Crippen LogP contribution in [0.2, 0.25) is 5.15 Å². The van der Waals surface area contributed by atoms with Crippen LogP contribution in [0.5, 0.6) is 0 Å². The molecule has 1 saturated heterocycles. The lowest BCUT2D eigenvalue weighted by atomic mass is 10.0. The van der Waals surface area contributed by atoms with Gasteiger partial charge < -0.3 is 9.64 Å². The second-order valence-electron chi connectivity index (χ2n) is 8.63. The van der Waals surface area contributed by atoms with E-state index in [1.165, 1.54) is 0 Å². The predicted octanol–water partition coefficient (Wildman–Crippen LogP) is 5.34. The van der Waals surface area contributed by atoms with E-state index in [2.05, 4.69) is 44.3 Å². The summed E-state index contributed by atoms with van der Waals surface area (Å²) < 4.78 is 10.5. The Labute approximate surface area is 194 Å². The Kier molecular flexibility index (Phi) is 5.73. The molecule has 0 spiro atoms. The van der Waals surface area contributed by atoms with E-state index in [0.717, 1.165) is 39.0 Å². The van der Waals surface area contributed by atoms with Crippen LogP contribution in [0, 0.1) is 10.6 Å². The number of hydrogen-bond acceptors (Lipinski definition) is 4. The second kappa shape index (κ2) is 8.03. The van der Waals surface area contributed by atoms with Crippen LogP contribution in [-0.2, 0) is 4.74 Å². The summed E-state index contributed by atoms with van der Waals surface area (Å²) in [6.45, 7) is 9.08. The third-order valence-electron chi connectivity index (χ3n) is 5.34. The van der Waals surface area contributed by atoms with Crippen molar-refractivity contribution in [1.29, 1.82) is 0 Å². The van der Waals surface area contributed by atoms with Crippen LogP contribution in [0.25, 0.3) is 16.8 Å². The molecular weight excluding hydrogens is 517 g/mol. The van der Waals surface area contributed by atoms with E-state index in [0.29, 0.717) is 18.2 Å². The Morgan fingerprint density at radius 1 is 1.23 bits per heavy atom. The van der Waals surface area contributed by atoms with Gasteiger partial charge in [0.1, 0.15) is 20.1 Å². The number of piperidine rings is 1. The Morgan fingerprint density at radius 2 is 1.93 bits per heavy atom. The molecule has 1 amide bonds. The SMILES string of the molecule is Cc1c(-c2cc(Cl)n3c(I)cnc3c2)cnn1C1CCN(C(=O)OC(C)(C)C)CC1. The fourth-order valence-electron chi connectivity index (χ4n) is 3.88. The molecule has 0 saturated carbocycles. The summed E-state index contributed by atoms with van der Waals surface area (Å²) in [6, 6.07) is 4.25. The number of aromatic nitrogens is 4. The lowest BCUT2D eigenvalue weighted by molar-refractivity contribution is 0.0184. The molecule has 0 aliphatic carbocycles. The number of nitrogens with zero attached hydrogens (tertiary/aromatic N) is 5. The molecule has 7 nitrogen and oxygen atoms in total. The maximum Gasteiger partial charge on any atom is 0.410 e. The molecule has 0 unspecified atom stereocenters. The van der Waals surface area contributed by atoms with Gasteiger partial charge in [-0.3, -0.25) is 9.08 Å². The first kappa shape index (κ1) is 21.4. The molecule has 160 valence electrons. The molecule has 30 heavy (non-hydrogen) atoms. The van der Waals surface area contributed by atoms with E-state index in [1.807, 2.05) is 43.5 Å². The van der Waals surface area contributed by atoms with Crippen LogP contribution in [0.4, 0.5) is 4.79 Å². The van der Waals surface area contributed by atoms with Crippen LogP contribution in [0.1, 0.15) is 45.3 Å². The van der Waals surface area contributed by atoms with E-state index in [-0.39, 0.29) is 12.1 Å². The highest BCUT2D eigenvalue weighted by Gasteiger charge is 2.28. The molecule has 0 atom stereocenters. The summed E-state index contributed by atoms with van der Waals surface area (Å²) in [5, 5.41) is 5.30. The topological polar surface area (TPSA) is 64.7 Å². The number of fused-ring (bicyclic) bond motifs is 1. The molecule has 0 N–H and O–H groups in total. The van der Waals surface area contributed by atoms with Crippen LogP contribution in [0.15, 0.2) is 24.5 Å². The molecule has 0 radical (unpaired) electrons. The normalized spacial score (nSPS) is 15.7. The van der Waals surface area contributed by atoms with Gasteiger partial charge in [-0.1, -0.05) is 11.6 Å². The van der Waals surface area contributed by atoms with Crippen molar-refractivity contribution in [2.45, 2.75) is 52.2 Å². The lowest BCUT2D eigenvalue weighted by Gasteiger charge is -2.33. The number of carbonyl (C=O) groups excluding carboxylic acids is 1. The highest BCUT2D eigenvalue weighted by atomic mass is 127. The summed E-state index contributed by atoms with van der Waals surface area (Å²) >= 11 is 8.72. The molecule has 9 heteroatoms. The standard InChI is InChI=1S/C21H25ClIN5O2/c1-13-16(14-9-17(22)27-18(23)12-24-19(27)10-14)11-25-28(13)15-5-7-26(8-6-15)20(29)30-21(2,3)4/h9-12,15H,5-8H2,1-4H3. The highest BCUT2D eigenvalue weighted by Crippen LogP contribution is 2.32. The van der Waals surface area contributed by atoms with E-state index in [9.17, 15) is 4.79 Å². The number of likely N-dealkylation sites (tertiary alicyclic amines) is 1. The van der Waals surface area contributed by atoms with E-state index >= 15 is 0 Å². The fourth-order valence-corrected chi connectivity index (χ4v) is 4.97. The van der Waals surface area contributed by atoms with E-state index < -0.39 is 5.60 Å². The molecule has 1 fully saturated rings. The lowest BCUT2D eigenvalue weighted by Crippen LogP contribution is -2.42. The average molecular weight is 542 g/mol. The molecule has 1 aliphatic heterocycles. The molecule has 0 bridgehead atoms. The number of hydrogen-bond donors (Lipinski definition) is 0. The van der Waals surface area contributed by atoms with Crippen LogP contribution >= 0.6 is 34.2 Å². The van der Waals surface area contributed by atoms with Crippen molar-refractivity contribution in [3.05, 3.63) is 39.1 Å². The molecule has 4 heterocycles. The van der Waals surface area contributed by atoms with E-state index in [1.54, 1.807) is 11.1 Å². The van der Waals surface area contributed by atoms with Gasteiger partial charge in [0.2, 0.25) is 0 Å². The first-order valence-corrected chi connectivity index (χ1v) is 11.4. The molecule has 1 aliphatic rings. The minimum Gasteiger partial charge on any atom is -0.444 e. The first-order chi connectivity index (χ1) is 14.1. The first-order valence-electron chi connectivity index (χ1n) is 9.99. The van der Waals surface area contributed by atoms with E-state index in [4.69, 9.17) is 16.3 Å². The van der Waals surface area contributed by atoms with Gasteiger partial charge in [0.05, 0.1) is 18.4 Å². The number of pyridine rings is 1. The second-order valence-corrected chi connectivity index (χ2v) is 10.1. The summed E-state index contributed by atoms with van der Waals surface area (Å²) in [5.74, 6) is 0. The minimum atomic E-state index is -0.475. The van der Waals surface area contributed by atoms with Crippen LogP contribution in [0.3, 0.4) is 0 Å². The summed E-state index contributed by atoms with van der Waals surface area (Å²) in [5.41, 5.74) is 3.49. The number of amides is 1. The van der Waals surface area contributed by atoms with Gasteiger partial charge in [0, 0.05) is 24.3 Å². The summed E-state index contributed by atoms with van der Waals surface area (Å²) in [4.78, 5) is 18.5. The molecular formula is C21H25ClIN5O2. The Morgan fingerprint density at radius 3 is 2.60 bits per heavy atom. The van der Waals surface area contributed by atoms with Gasteiger partial charge in [-0.2, -0.15) is 5.10 Å². The third-order valence-corrected chi connectivity index (χ3v) is 6.38. The highest BCUT2D eigenvalue weighted by molar-refractivity contribution is 14.1. The smallest absolute Gasteiger partial charge is 0.410 e. The van der Waals surface area contributed by atoms with Gasteiger partial charge in [0.15, 0.2) is 0 Å². The quantitative estimate of drug-likeness (QED) is 0.325. The number of ether oxygens (including phenoxy) is 1. The Bertz CT molecular complexity index is 1090. The Balaban J connectivity index is 1.51. The van der Waals surface area contributed by atoms with Crippen LogP contribution in [-0.4, -0.2) is 48.8 Å². The van der Waals surface area contributed by atoms with Gasteiger partial charge in [0.25, 0.3) is 0 Å². The number of imidazole rings is 1. The van der Waals surface area contributed by atoms with Gasteiger partial charge in [-0.15, -0.1) is 0 Å². The van der Waals surface area contributed by atoms with Crippen molar-refractivity contribution >= 4 is 45.9 Å². The number of carbonyl (C=O) groups is 1. The van der Waals surface area contributed by atoms with Gasteiger partial charge in [-0.25, -0.2) is 9.78 Å². The third kappa shape index (κ3) is 4.16. The number of halogens is 2. The average Bonchev–Trinajstić information content (AvgIpc) is 3.23. The number of rotatable bonds is 2. The molecule has 3 aromatic rings. The van der Waals surface area contributed by atoms with Crippen molar-refractivity contribution in [3.63, 3.8) is 0 Å². The zero-order valence-electron chi connectivity index (χ0n) is 17.5. The minimum absolute atomic E-state index is 0.240. The van der Waals surface area contributed by atoms with Crippen molar-refractivity contribution in [2.24, 2.45) is 0 Å². The Hall–Kier alpha value is -1.81.